The lowest BCUT2D eigenvalue weighted by Crippen LogP contribution is -2.35. The third kappa shape index (κ3) is 4.63. The first-order chi connectivity index (χ1) is 7.99. The normalized spacial score (nSPS) is 11.9. The summed E-state index contributed by atoms with van der Waals surface area (Å²) in [7, 11) is 0. The van der Waals surface area contributed by atoms with Gasteiger partial charge in [0.1, 0.15) is 5.82 Å². The second-order valence-corrected chi connectivity index (χ2v) is 3.83. The molecule has 0 fully saturated rings. The van der Waals surface area contributed by atoms with Crippen LogP contribution < -0.4 is 5.32 Å². The smallest absolute Gasteiger partial charge is 0.305 e. The van der Waals surface area contributed by atoms with Gasteiger partial charge in [-0.3, -0.25) is 9.59 Å². The van der Waals surface area contributed by atoms with Crippen molar-refractivity contribution in [3.8, 4) is 0 Å². The number of carboxylic acids is 1. The highest BCUT2D eigenvalue weighted by Gasteiger charge is 2.12. The molecule has 0 saturated carbocycles. The van der Waals surface area contributed by atoms with Gasteiger partial charge in [-0.15, -0.1) is 0 Å². The quantitative estimate of drug-likeness (QED) is 0.815. The van der Waals surface area contributed by atoms with Crippen LogP contribution in [0, 0.1) is 5.82 Å². The Hall–Kier alpha value is -1.91. The van der Waals surface area contributed by atoms with E-state index in [-0.39, 0.29) is 18.7 Å². The van der Waals surface area contributed by atoms with Gasteiger partial charge in [0, 0.05) is 6.04 Å². The molecule has 92 valence electrons. The monoisotopic (exact) mass is 239 g/mol. The number of carbonyl (C=O) groups excluding carboxylic acids is 1. The van der Waals surface area contributed by atoms with Crippen LogP contribution in [0.2, 0.25) is 0 Å². The molecule has 0 heterocycles. The SMILES string of the molecule is CC(CC(=O)O)NC(=O)Cc1ccccc1F. The Morgan fingerprint density at radius 3 is 2.65 bits per heavy atom. The van der Waals surface area contributed by atoms with Gasteiger partial charge in [0.05, 0.1) is 12.8 Å². The van der Waals surface area contributed by atoms with Gasteiger partial charge in [-0.25, -0.2) is 4.39 Å². The summed E-state index contributed by atoms with van der Waals surface area (Å²) in [6.07, 6.45) is -0.236. The standard InChI is InChI=1S/C12H14FNO3/c1-8(6-12(16)17)14-11(15)7-9-4-2-3-5-10(9)13/h2-5,8H,6-7H2,1H3,(H,14,15)(H,16,17). The summed E-state index contributed by atoms with van der Waals surface area (Å²) in [6, 6.07) is 5.53. The molecule has 4 nitrogen and oxygen atoms in total. The van der Waals surface area contributed by atoms with E-state index in [1.807, 2.05) is 0 Å². The van der Waals surface area contributed by atoms with Crippen LogP contribution in [0.1, 0.15) is 18.9 Å². The first-order valence-electron chi connectivity index (χ1n) is 5.23. The van der Waals surface area contributed by atoms with E-state index in [2.05, 4.69) is 5.32 Å². The number of rotatable bonds is 5. The lowest BCUT2D eigenvalue weighted by Gasteiger charge is -2.11. The maximum Gasteiger partial charge on any atom is 0.305 e. The molecule has 2 N–H and O–H groups in total. The molecule has 0 aliphatic carbocycles. The molecule has 17 heavy (non-hydrogen) atoms. The molecule has 0 aliphatic heterocycles. The number of amides is 1. The Kier molecular flexibility index (Phi) is 4.63. The van der Waals surface area contributed by atoms with Crippen molar-refractivity contribution in [2.45, 2.75) is 25.8 Å². The second kappa shape index (κ2) is 5.98. The second-order valence-electron chi connectivity index (χ2n) is 3.83. The zero-order chi connectivity index (χ0) is 12.8. The van der Waals surface area contributed by atoms with Crippen molar-refractivity contribution in [2.75, 3.05) is 0 Å². The van der Waals surface area contributed by atoms with Gasteiger partial charge in [0.2, 0.25) is 5.91 Å². The van der Waals surface area contributed by atoms with Crippen molar-refractivity contribution in [1.29, 1.82) is 0 Å². The molecule has 0 aromatic heterocycles. The first kappa shape index (κ1) is 13.2. The molecule has 0 radical (unpaired) electrons. The summed E-state index contributed by atoms with van der Waals surface area (Å²) < 4.78 is 13.2. The van der Waals surface area contributed by atoms with Crippen molar-refractivity contribution in [3.05, 3.63) is 35.6 Å². The molecule has 1 unspecified atom stereocenters. The van der Waals surface area contributed by atoms with E-state index in [1.165, 1.54) is 12.1 Å². The maximum absolute atomic E-state index is 13.2. The average Bonchev–Trinajstić information content (AvgIpc) is 2.19. The minimum absolute atomic E-state index is 0.0867. The minimum Gasteiger partial charge on any atom is -0.481 e. The fourth-order valence-corrected chi connectivity index (χ4v) is 1.45. The van der Waals surface area contributed by atoms with Crippen molar-refractivity contribution in [1.82, 2.24) is 5.32 Å². The fraction of sp³-hybridized carbons (Fsp3) is 0.333. The minimum atomic E-state index is -0.983. The fourth-order valence-electron chi connectivity index (χ4n) is 1.45. The number of hydrogen-bond donors (Lipinski definition) is 2. The van der Waals surface area contributed by atoms with Crippen LogP contribution in [0.3, 0.4) is 0 Å². The number of nitrogens with one attached hydrogen (secondary N) is 1. The zero-order valence-corrected chi connectivity index (χ0v) is 9.44. The number of halogens is 1. The molecule has 1 rings (SSSR count). The van der Waals surface area contributed by atoms with Gasteiger partial charge in [-0.2, -0.15) is 0 Å². The van der Waals surface area contributed by atoms with E-state index in [9.17, 15) is 14.0 Å². The Labute approximate surface area is 98.5 Å². The van der Waals surface area contributed by atoms with Gasteiger partial charge in [-0.1, -0.05) is 18.2 Å². The Morgan fingerprint density at radius 2 is 2.06 bits per heavy atom. The highest BCUT2D eigenvalue weighted by Crippen LogP contribution is 2.07. The summed E-state index contributed by atoms with van der Waals surface area (Å²) >= 11 is 0. The summed E-state index contributed by atoms with van der Waals surface area (Å²) in [6.45, 7) is 1.59. The maximum atomic E-state index is 13.2. The third-order valence-corrected chi connectivity index (χ3v) is 2.20. The van der Waals surface area contributed by atoms with Crippen LogP contribution in [-0.4, -0.2) is 23.0 Å². The molecule has 0 aliphatic rings. The molecular weight excluding hydrogens is 225 g/mol. The Balaban J connectivity index is 2.50. The van der Waals surface area contributed by atoms with Crippen LogP contribution in [0.4, 0.5) is 4.39 Å². The lowest BCUT2D eigenvalue weighted by molar-refractivity contribution is -0.137. The van der Waals surface area contributed by atoms with Crippen LogP contribution in [0.5, 0.6) is 0 Å². The van der Waals surface area contributed by atoms with Crippen LogP contribution in [0.15, 0.2) is 24.3 Å². The molecule has 1 amide bonds. The van der Waals surface area contributed by atoms with Crippen LogP contribution in [-0.2, 0) is 16.0 Å². The van der Waals surface area contributed by atoms with Gasteiger partial charge in [0.15, 0.2) is 0 Å². The topological polar surface area (TPSA) is 66.4 Å². The number of carboxylic acid groups (broad SMARTS) is 1. The molecule has 1 aromatic rings. The van der Waals surface area contributed by atoms with Crippen molar-refractivity contribution in [3.63, 3.8) is 0 Å². The van der Waals surface area contributed by atoms with E-state index in [4.69, 9.17) is 5.11 Å². The molecule has 1 atom stereocenters. The number of carbonyl (C=O) groups is 2. The predicted octanol–water partition coefficient (Wildman–Crippen LogP) is 1.35. The summed E-state index contributed by atoms with van der Waals surface area (Å²) in [4.78, 5) is 21.9. The van der Waals surface area contributed by atoms with Gasteiger partial charge in [-0.05, 0) is 18.6 Å². The van der Waals surface area contributed by atoms with Gasteiger partial charge < -0.3 is 10.4 Å². The third-order valence-electron chi connectivity index (χ3n) is 2.20. The number of hydrogen-bond acceptors (Lipinski definition) is 2. The lowest BCUT2D eigenvalue weighted by atomic mass is 10.1. The molecule has 0 spiro atoms. The highest BCUT2D eigenvalue weighted by molar-refractivity contribution is 5.79. The Morgan fingerprint density at radius 1 is 1.41 bits per heavy atom. The predicted molar refractivity (Wildman–Crippen MR) is 60.0 cm³/mol. The average molecular weight is 239 g/mol. The van der Waals surface area contributed by atoms with Crippen molar-refractivity contribution < 1.29 is 19.1 Å². The molecular formula is C12H14FNO3. The van der Waals surface area contributed by atoms with E-state index >= 15 is 0 Å². The van der Waals surface area contributed by atoms with E-state index in [0.29, 0.717) is 5.56 Å². The largest absolute Gasteiger partial charge is 0.481 e. The molecule has 5 heteroatoms. The van der Waals surface area contributed by atoms with E-state index < -0.39 is 17.8 Å². The molecule has 1 aromatic carbocycles. The zero-order valence-electron chi connectivity index (χ0n) is 9.44. The summed E-state index contributed by atoms with van der Waals surface area (Å²) in [5.74, 6) is -1.80. The van der Waals surface area contributed by atoms with E-state index in [1.54, 1.807) is 19.1 Å². The Bertz CT molecular complexity index is 420. The molecule has 0 saturated heterocycles. The summed E-state index contributed by atoms with van der Waals surface area (Å²) in [5.41, 5.74) is 0.299. The first-order valence-corrected chi connectivity index (χ1v) is 5.23. The van der Waals surface area contributed by atoms with Gasteiger partial charge >= 0.3 is 5.97 Å². The van der Waals surface area contributed by atoms with E-state index in [0.717, 1.165) is 0 Å². The van der Waals surface area contributed by atoms with Crippen molar-refractivity contribution in [2.24, 2.45) is 0 Å². The van der Waals surface area contributed by atoms with Crippen LogP contribution in [0.25, 0.3) is 0 Å². The van der Waals surface area contributed by atoms with Crippen molar-refractivity contribution >= 4 is 11.9 Å². The molecule has 0 bridgehead atoms. The van der Waals surface area contributed by atoms with Crippen LogP contribution >= 0.6 is 0 Å². The number of aliphatic carboxylic acids is 1. The number of benzene rings is 1. The van der Waals surface area contributed by atoms with Gasteiger partial charge in [0.25, 0.3) is 0 Å². The highest BCUT2D eigenvalue weighted by atomic mass is 19.1. The summed E-state index contributed by atoms with van der Waals surface area (Å²) in [5, 5.41) is 11.0.